The molecule has 0 aliphatic heterocycles. The number of amides is 2. The summed E-state index contributed by atoms with van der Waals surface area (Å²) >= 11 is 1.16. The Kier molecular flexibility index (Phi) is 6.68. The maximum Gasteiger partial charge on any atom is 0.245 e. The molecule has 1 unspecified atom stereocenters. The van der Waals surface area contributed by atoms with Gasteiger partial charge in [-0.25, -0.2) is 23.4 Å². The molecule has 180 valence electrons. The lowest BCUT2D eigenvalue weighted by molar-refractivity contribution is -0.126. The number of aromatic nitrogens is 3. The van der Waals surface area contributed by atoms with Crippen molar-refractivity contribution in [1.29, 1.82) is 0 Å². The van der Waals surface area contributed by atoms with Crippen LogP contribution in [-0.4, -0.2) is 53.0 Å². The number of hydrogen-bond acceptors (Lipinski definition) is 8. The highest BCUT2D eigenvalue weighted by molar-refractivity contribution is 7.93. The van der Waals surface area contributed by atoms with Gasteiger partial charge in [0.15, 0.2) is 15.1 Å². The number of aryl methyl sites for hydroxylation is 2. The number of thiazole rings is 1. The number of sulfone groups is 1. The maximum absolute atomic E-state index is 13.2. The molecular weight excluding hydrogens is 474 g/mol. The Morgan fingerprint density at radius 1 is 1.15 bits per heavy atom. The minimum atomic E-state index is -3.89. The van der Waals surface area contributed by atoms with Crippen LogP contribution in [0.4, 0.5) is 0 Å². The largest absolute Gasteiger partial charge is 0.352 e. The first-order valence-electron chi connectivity index (χ1n) is 11.1. The SMILES string of the molecule is Cc1ncc(-c2cc3sc(C(C(=O)NCC(=O)NC4CC4)S(=O)(=O)C(C)C)nc3cc2C)cn1. The molecule has 2 aromatic heterocycles. The van der Waals surface area contributed by atoms with Gasteiger partial charge in [0, 0.05) is 24.0 Å². The molecule has 1 atom stereocenters. The molecule has 2 heterocycles. The fraction of sp³-hybridized carbons (Fsp3) is 0.435. The molecular formula is C23H27N5O4S2. The quantitative estimate of drug-likeness (QED) is 0.485. The molecule has 0 saturated heterocycles. The summed E-state index contributed by atoms with van der Waals surface area (Å²) in [6, 6.07) is 3.94. The summed E-state index contributed by atoms with van der Waals surface area (Å²) in [6.07, 6.45) is 5.33. The second-order valence-corrected chi connectivity index (χ2v) is 12.4. The van der Waals surface area contributed by atoms with E-state index in [2.05, 4.69) is 25.6 Å². The van der Waals surface area contributed by atoms with Crippen molar-refractivity contribution in [2.24, 2.45) is 0 Å². The van der Waals surface area contributed by atoms with Gasteiger partial charge < -0.3 is 10.6 Å². The first-order chi connectivity index (χ1) is 16.1. The van der Waals surface area contributed by atoms with Crippen molar-refractivity contribution in [3.05, 3.63) is 40.9 Å². The second-order valence-electron chi connectivity index (χ2n) is 8.78. The average molecular weight is 502 g/mol. The number of nitrogens with one attached hydrogen (secondary N) is 2. The number of hydrogen-bond donors (Lipinski definition) is 2. The molecule has 0 radical (unpaired) electrons. The van der Waals surface area contributed by atoms with Crippen LogP contribution in [0.25, 0.3) is 21.3 Å². The van der Waals surface area contributed by atoms with Crippen LogP contribution in [0.15, 0.2) is 24.5 Å². The Hall–Kier alpha value is -2.92. The van der Waals surface area contributed by atoms with E-state index in [1.54, 1.807) is 12.4 Å². The van der Waals surface area contributed by atoms with Crippen molar-refractivity contribution >= 4 is 43.2 Å². The van der Waals surface area contributed by atoms with Gasteiger partial charge in [0.1, 0.15) is 10.8 Å². The summed E-state index contributed by atoms with van der Waals surface area (Å²) in [5.41, 5.74) is 3.29. The highest BCUT2D eigenvalue weighted by Gasteiger charge is 2.39. The molecule has 0 spiro atoms. The van der Waals surface area contributed by atoms with Crippen LogP contribution in [0.2, 0.25) is 0 Å². The third-order valence-electron chi connectivity index (χ3n) is 5.66. The molecule has 1 saturated carbocycles. The van der Waals surface area contributed by atoms with E-state index in [1.165, 1.54) is 13.8 Å². The van der Waals surface area contributed by atoms with Gasteiger partial charge in [0.05, 0.1) is 22.0 Å². The highest BCUT2D eigenvalue weighted by Crippen LogP contribution is 2.36. The van der Waals surface area contributed by atoms with Crippen LogP contribution in [0, 0.1) is 13.8 Å². The summed E-state index contributed by atoms with van der Waals surface area (Å²) in [7, 11) is -3.89. The zero-order chi connectivity index (χ0) is 24.6. The predicted octanol–water partition coefficient (Wildman–Crippen LogP) is 2.63. The van der Waals surface area contributed by atoms with Crippen LogP contribution in [0.3, 0.4) is 0 Å². The molecule has 11 heteroatoms. The molecule has 1 aliphatic carbocycles. The molecule has 3 aromatic rings. The Morgan fingerprint density at radius 3 is 2.44 bits per heavy atom. The van der Waals surface area contributed by atoms with E-state index in [1.807, 2.05) is 26.0 Å². The van der Waals surface area contributed by atoms with E-state index in [9.17, 15) is 18.0 Å². The molecule has 4 rings (SSSR count). The summed E-state index contributed by atoms with van der Waals surface area (Å²) in [6.45, 7) is 6.53. The highest BCUT2D eigenvalue weighted by atomic mass is 32.2. The van der Waals surface area contributed by atoms with Crippen LogP contribution in [0.5, 0.6) is 0 Å². The fourth-order valence-electron chi connectivity index (χ4n) is 3.49. The van der Waals surface area contributed by atoms with E-state index in [-0.39, 0.29) is 23.5 Å². The second kappa shape index (κ2) is 9.38. The lowest BCUT2D eigenvalue weighted by atomic mass is 10.0. The first kappa shape index (κ1) is 24.2. The van der Waals surface area contributed by atoms with Gasteiger partial charge in [-0.15, -0.1) is 11.3 Å². The van der Waals surface area contributed by atoms with Gasteiger partial charge in [-0.3, -0.25) is 9.59 Å². The third-order valence-corrected chi connectivity index (χ3v) is 9.30. The molecule has 2 amide bonds. The first-order valence-corrected chi connectivity index (χ1v) is 13.5. The zero-order valence-corrected chi connectivity index (χ0v) is 21.1. The number of carbonyl (C=O) groups excluding carboxylic acids is 2. The van der Waals surface area contributed by atoms with Gasteiger partial charge in [-0.2, -0.15) is 0 Å². The van der Waals surface area contributed by atoms with E-state index in [0.717, 1.165) is 45.6 Å². The van der Waals surface area contributed by atoms with Crippen molar-refractivity contribution in [1.82, 2.24) is 25.6 Å². The van der Waals surface area contributed by atoms with Gasteiger partial charge >= 0.3 is 0 Å². The van der Waals surface area contributed by atoms with Crippen LogP contribution < -0.4 is 10.6 Å². The Labute approximate surface area is 202 Å². The average Bonchev–Trinajstić information content (AvgIpc) is 3.49. The number of carbonyl (C=O) groups is 2. The monoisotopic (exact) mass is 501 g/mol. The van der Waals surface area contributed by atoms with Crippen molar-refractivity contribution < 1.29 is 18.0 Å². The molecule has 34 heavy (non-hydrogen) atoms. The smallest absolute Gasteiger partial charge is 0.245 e. The summed E-state index contributed by atoms with van der Waals surface area (Å²) in [4.78, 5) is 38.1. The summed E-state index contributed by atoms with van der Waals surface area (Å²) in [5, 5.41) is 3.16. The van der Waals surface area contributed by atoms with Crippen LogP contribution in [0.1, 0.15) is 48.3 Å². The van der Waals surface area contributed by atoms with Gasteiger partial charge in [0.2, 0.25) is 11.8 Å². The molecule has 1 aliphatic rings. The van der Waals surface area contributed by atoms with Gasteiger partial charge in [-0.05, 0) is 63.8 Å². The van der Waals surface area contributed by atoms with E-state index >= 15 is 0 Å². The number of fused-ring (bicyclic) bond motifs is 1. The van der Waals surface area contributed by atoms with Crippen LogP contribution in [-0.2, 0) is 19.4 Å². The van der Waals surface area contributed by atoms with E-state index in [0.29, 0.717) is 11.3 Å². The maximum atomic E-state index is 13.2. The topological polar surface area (TPSA) is 131 Å². The minimum absolute atomic E-state index is 0.153. The summed E-state index contributed by atoms with van der Waals surface area (Å²) in [5.74, 6) is -0.412. The van der Waals surface area contributed by atoms with Gasteiger partial charge in [-0.1, -0.05) is 0 Å². The Morgan fingerprint density at radius 2 is 1.82 bits per heavy atom. The normalized spacial score (nSPS) is 14.9. The van der Waals surface area contributed by atoms with E-state index < -0.39 is 26.2 Å². The Bertz CT molecular complexity index is 1350. The van der Waals surface area contributed by atoms with E-state index in [4.69, 9.17) is 0 Å². The van der Waals surface area contributed by atoms with Crippen molar-refractivity contribution in [2.75, 3.05) is 6.54 Å². The van der Waals surface area contributed by atoms with Crippen molar-refractivity contribution in [2.45, 2.75) is 57.1 Å². The molecule has 1 aromatic carbocycles. The lowest BCUT2D eigenvalue weighted by Crippen LogP contribution is -2.42. The van der Waals surface area contributed by atoms with Crippen molar-refractivity contribution in [3.8, 4) is 11.1 Å². The van der Waals surface area contributed by atoms with Crippen molar-refractivity contribution in [3.63, 3.8) is 0 Å². The lowest BCUT2D eigenvalue weighted by Gasteiger charge is -2.17. The van der Waals surface area contributed by atoms with Gasteiger partial charge in [0.25, 0.3) is 0 Å². The Balaban J connectivity index is 1.68. The molecule has 0 bridgehead atoms. The molecule has 2 N–H and O–H groups in total. The number of benzene rings is 1. The zero-order valence-electron chi connectivity index (χ0n) is 19.5. The predicted molar refractivity (Wildman–Crippen MR) is 131 cm³/mol. The third kappa shape index (κ3) is 5.10. The number of nitrogens with zero attached hydrogens (tertiary/aromatic N) is 3. The van der Waals surface area contributed by atoms with Crippen LogP contribution >= 0.6 is 11.3 Å². The fourth-order valence-corrected chi connectivity index (χ4v) is 6.27. The minimum Gasteiger partial charge on any atom is -0.352 e. The standard InChI is InChI=1S/C23H27N5O4S2/c1-12(2)34(31,32)21(22(30)26-11-20(29)27-16-5-6-16)23-28-18-7-13(3)17(8-19(18)33-23)15-9-24-14(4)25-10-15/h7-10,12,16,21H,5-6,11H2,1-4H3,(H,26,30)(H,27,29). The number of rotatable bonds is 8. The molecule has 1 fully saturated rings. The molecule has 9 nitrogen and oxygen atoms in total. The summed E-state index contributed by atoms with van der Waals surface area (Å²) < 4.78 is 27.1.